The van der Waals surface area contributed by atoms with E-state index in [9.17, 15) is 0 Å². The SMILES string of the molecule is C1CNCCSCCN1.Cl.Cl. The minimum Gasteiger partial charge on any atom is -0.315 e. The van der Waals surface area contributed by atoms with Crippen molar-refractivity contribution in [2.45, 2.75) is 0 Å². The van der Waals surface area contributed by atoms with Gasteiger partial charge in [-0.25, -0.2) is 0 Å². The molecule has 0 amide bonds. The smallest absolute Gasteiger partial charge is 0.00770 e. The Balaban J connectivity index is 0. The molecule has 0 spiro atoms. The largest absolute Gasteiger partial charge is 0.315 e. The predicted molar refractivity (Wildman–Crippen MR) is 57.6 cm³/mol. The molecule has 1 aliphatic rings. The Kier molecular flexibility index (Phi) is 14.2. The lowest BCUT2D eigenvalue weighted by molar-refractivity contribution is 0.652. The van der Waals surface area contributed by atoms with E-state index in [-0.39, 0.29) is 24.8 Å². The minimum atomic E-state index is 0. The van der Waals surface area contributed by atoms with Crippen LogP contribution in [-0.2, 0) is 0 Å². The van der Waals surface area contributed by atoms with Crippen molar-refractivity contribution < 1.29 is 0 Å². The molecule has 2 nitrogen and oxygen atoms in total. The molecule has 0 saturated carbocycles. The molecule has 0 aromatic carbocycles. The topological polar surface area (TPSA) is 24.1 Å². The summed E-state index contributed by atoms with van der Waals surface area (Å²) < 4.78 is 0. The Morgan fingerprint density at radius 2 is 1.18 bits per heavy atom. The highest BCUT2D eigenvalue weighted by molar-refractivity contribution is 7.99. The fourth-order valence-corrected chi connectivity index (χ4v) is 1.60. The second-order valence-electron chi connectivity index (χ2n) is 2.11. The molecule has 1 aliphatic heterocycles. The molecule has 1 rings (SSSR count). The lowest BCUT2D eigenvalue weighted by Crippen LogP contribution is -2.27. The van der Waals surface area contributed by atoms with E-state index in [1.807, 2.05) is 11.8 Å². The van der Waals surface area contributed by atoms with Crippen molar-refractivity contribution in [2.24, 2.45) is 0 Å². The van der Waals surface area contributed by atoms with E-state index in [0.717, 1.165) is 13.1 Å². The second-order valence-corrected chi connectivity index (χ2v) is 3.34. The van der Waals surface area contributed by atoms with Crippen LogP contribution in [0.25, 0.3) is 0 Å². The minimum absolute atomic E-state index is 0. The molecule has 0 atom stereocenters. The van der Waals surface area contributed by atoms with Crippen LogP contribution >= 0.6 is 36.6 Å². The summed E-state index contributed by atoms with van der Waals surface area (Å²) in [7, 11) is 0. The highest BCUT2D eigenvalue weighted by Crippen LogP contribution is 1.96. The Labute approximate surface area is 85.1 Å². The third-order valence-corrected chi connectivity index (χ3v) is 2.31. The second kappa shape index (κ2) is 10.8. The maximum Gasteiger partial charge on any atom is 0.00770 e. The molecule has 2 N–H and O–H groups in total. The van der Waals surface area contributed by atoms with Gasteiger partial charge in [0.25, 0.3) is 0 Å². The standard InChI is InChI=1S/C6H14N2S.2ClH/c1-2-8-4-6-9-5-3-7-1;;/h7-8H,1-6H2;2*1H. The Hall–Kier alpha value is 0.850. The molecule has 11 heavy (non-hydrogen) atoms. The zero-order valence-electron chi connectivity index (χ0n) is 6.47. The molecule has 0 aromatic rings. The molecule has 0 bridgehead atoms. The summed E-state index contributed by atoms with van der Waals surface area (Å²) in [6, 6.07) is 0. The zero-order chi connectivity index (χ0) is 6.36. The zero-order valence-corrected chi connectivity index (χ0v) is 8.92. The van der Waals surface area contributed by atoms with Crippen molar-refractivity contribution in [1.82, 2.24) is 10.6 Å². The molecular formula is C6H16Cl2N2S. The van der Waals surface area contributed by atoms with Gasteiger partial charge in [0.15, 0.2) is 0 Å². The average Bonchev–Trinajstić information content (AvgIpc) is 2.00. The van der Waals surface area contributed by atoms with E-state index < -0.39 is 0 Å². The van der Waals surface area contributed by atoms with Crippen LogP contribution in [0.5, 0.6) is 0 Å². The number of hydrogen-bond acceptors (Lipinski definition) is 3. The van der Waals surface area contributed by atoms with Crippen molar-refractivity contribution in [2.75, 3.05) is 37.7 Å². The molecule has 70 valence electrons. The van der Waals surface area contributed by atoms with Crippen LogP contribution in [0, 0.1) is 0 Å². The molecule has 1 fully saturated rings. The Bertz CT molecular complexity index is 47.1. The van der Waals surface area contributed by atoms with Gasteiger partial charge < -0.3 is 10.6 Å². The van der Waals surface area contributed by atoms with Gasteiger partial charge in [-0.3, -0.25) is 0 Å². The van der Waals surface area contributed by atoms with Gasteiger partial charge in [-0.1, -0.05) is 0 Å². The highest BCUT2D eigenvalue weighted by Gasteiger charge is 1.93. The summed E-state index contributed by atoms with van der Waals surface area (Å²) in [5.41, 5.74) is 0. The molecule has 0 radical (unpaired) electrons. The summed E-state index contributed by atoms with van der Waals surface area (Å²) in [6.07, 6.45) is 0. The molecule has 1 heterocycles. The third kappa shape index (κ3) is 8.76. The number of nitrogens with one attached hydrogen (secondary N) is 2. The molecule has 0 aliphatic carbocycles. The van der Waals surface area contributed by atoms with E-state index in [1.165, 1.54) is 24.6 Å². The molecule has 1 saturated heterocycles. The van der Waals surface area contributed by atoms with Crippen molar-refractivity contribution in [1.29, 1.82) is 0 Å². The van der Waals surface area contributed by atoms with E-state index in [1.54, 1.807) is 0 Å². The first-order valence-electron chi connectivity index (χ1n) is 3.49. The van der Waals surface area contributed by atoms with Crippen molar-refractivity contribution in [3.05, 3.63) is 0 Å². The number of rotatable bonds is 0. The van der Waals surface area contributed by atoms with Gasteiger partial charge >= 0.3 is 0 Å². The third-order valence-electron chi connectivity index (χ3n) is 1.32. The van der Waals surface area contributed by atoms with Crippen LogP contribution in [0.15, 0.2) is 0 Å². The fraction of sp³-hybridized carbons (Fsp3) is 1.00. The van der Waals surface area contributed by atoms with Gasteiger partial charge in [-0.05, 0) is 0 Å². The van der Waals surface area contributed by atoms with Gasteiger partial charge in [-0.2, -0.15) is 11.8 Å². The number of hydrogen-bond donors (Lipinski definition) is 2. The first-order valence-corrected chi connectivity index (χ1v) is 4.65. The molecular weight excluding hydrogens is 203 g/mol. The Morgan fingerprint density at radius 1 is 0.727 bits per heavy atom. The van der Waals surface area contributed by atoms with Gasteiger partial charge in [0.1, 0.15) is 0 Å². The van der Waals surface area contributed by atoms with Crippen LogP contribution in [0.3, 0.4) is 0 Å². The van der Waals surface area contributed by atoms with Crippen LogP contribution in [0.4, 0.5) is 0 Å². The first kappa shape index (κ1) is 14.4. The first-order chi connectivity index (χ1) is 4.50. The van der Waals surface area contributed by atoms with Gasteiger partial charge in [0.05, 0.1) is 0 Å². The van der Waals surface area contributed by atoms with Crippen LogP contribution in [0.1, 0.15) is 0 Å². The van der Waals surface area contributed by atoms with Crippen molar-refractivity contribution in [3.63, 3.8) is 0 Å². The lowest BCUT2D eigenvalue weighted by Gasteiger charge is -1.99. The van der Waals surface area contributed by atoms with Crippen molar-refractivity contribution in [3.8, 4) is 0 Å². The molecule has 5 heteroatoms. The quantitative estimate of drug-likeness (QED) is 0.629. The number of halogens is 2. The van der Waals surface area contributed by atoms with E-state index >= 15 is 0 Å². The lowest BCUT2D eigenvalue weighted by atomic mass is 10.6. The summed E-state index contributed by atoms with van der Waals surface area (Å²) in [5.74, 6) is 2.53. The summed E-state index contributed by atoms with van der Waals surface area (Å²) in [6.45, 7) is 4.60. The van der Waals surface area contributed by atoms with Gasteiger partial charge in [0, 0.05) is 37.7 Å². The highest BCUT2D eigenvalue weighted by atomic mass is 35.5. The maximum atomic E-state index is 3.34. The van der Waals surface area contributed by atoms with Crippen LogP contribution in [0.2, 0.25) is 0 Å². The van der Waals surface area contributed by atoms with Crippen LogP contribution in [-0.4, -0.2) is 37.7 Å². The van der Waals surface area contributed by atoms with Crippen LogP contribution < -0.4 is 10.6 Å². The Morgan fingerprint density at radius 3 is 1.64 bits per heavy atom. The van der Waals surface area contributed by atoms with Crippen molar-refractivity contribution >= 4 is 36.6 Å². The number of thioether (sulfide) groups is 1. The maximum absolute atomic E-state index is 3.34. The van der Waals surface area contributed by atoms with E-state index in [0.29, 0.717) is 0 Å². The molecule has 0 aromatic heterocycles. The molecule has 0 unspecified atom stereocenters. The predicted octanol–water partition coefficient (Wildman–Crippen LogP) is 0.756. The average molecular weight is 219 g/mol. The van der Waals surface area contributed by atoms with Gasteiger partial charge in [-0.15, -0.1) is 24.8 Å². The summed E-state index contributed by atoms with van der Waals surface area (Å²) in [4.78, 5) is 0. The fourth-order valence-electron chi connectivity index (χ4n) is 0.818. The normalized spacial score (nSPS) is 19.6. The van der Waals surface area contributed by atoms with E-state index in [2.05, 4.69) is 10.6 Å². The van der Waals surface area contributed by atoms with Gasteiger partial charge in [0.2, 0.25) is 0 Å². The van der Waals surface area contributed by atoms with E-state index in [4.69, 9.17) is 0 Å². The monoisotopic (exact) mass is 218 g/mol. The summed E-state index contributed by atoms with van der Waals surface area (Å²) in [5, 5.41) is 6.69. The summed E-state index contributed by atoms with van der Waals surface area (Å²) >= 11 is 2.02.